The number of benzene rings is 1. The molecule has 1 fully saturated rings. The molecule has 110 valence electrons. The van der Waals surface area contributed by atoms with Gasteiger partial charge in [0.2, 0.25) is 0 Å². The van der Waals surface area contributed by atoms with Gasteiger partial charge in [0.15, 0.2) is 0 Å². The van der Waals surface area contributed by atoms with E-state index in [0.29, 0.717) is 12.0 Å². The molecule has 1 aliphatic rings. The lowest BCUT2D eigenvalue weighted by Crippen LogP contribution is -2.46. The Balaban J connectivity index is 2.05. The molecule has 2 rings (SSSR count). The van der Waals surface area contributed by atoms with E-state index in [4.69, 9.17) is 5.73 Å². The lowest BCUT2D eigenvalue weighted by Gasteiger charge is -2.36. The average molecular weight is 342 g/mol. The highest BCUT2D eigenvalue weighted by molar-refractivity contribution is 9.10. The summed E-state index contributed by atoms with van der Waals surface area (Å²) in [6.45, 7) is 4.97. The summed E-state index contributed by atoms with van der Waals surface area (Å²) in [5.41, 5.74) is 7.32. The van der Waals surface area contributed by atoms with E-state index in [2.05, 4.69) is 27.8 Å². The summed E-state index contributed by atoms with van der Waals surface area (Å²) in [6, 6.07) is 5.27. The van der Waals surface area contributed by atoms with Crippen molar-refractivity contribution in [1.82, 2.24) is 4.90 Å². The van der Waals surface area contributed by atoms with Crippen molar-refractivity contribution in [3.05, 3.63) is 38.3 Å². The first-order valence-corrected chi connectivity index (χ1v) is 7.71. The van der Waals surface area contributed by atoms with Crippen LogP contribution in [0.2, 0.25) is 0 Å². The first-order valence-electron chi connectivity index (χ1n) is 6.92. The summed E-state index contributed by atoms with van der Waals surface area (Å²) < 4.78 is 0.801. The fourth-order valence-corrected chi connectivity index (χ4v) is 3.21. The van der Waals surface area contributed by atoms with Gasteiger partial charge in [-0.1, -0.05) is 29.3 Å². The van der Waals surface area contributed by atoms with Crippen LogP contribution >= 0.6 is 15.9 Å². The second kappa shape index (κ2) is 6.65. The number of nitrogens with two attached hydrogens (primary N) is 1. The van der Waals surface area contributed by atoms with Crippen LogP contribution in [0.3, 0.4) is 0 Å². The topological polar surface area (TPSA) is 72.4 Å². The molecule has 1 saturated heterocycles. The number of hydrogen-bond donors (Lipinski definition) is 1. The van der Waals surface area contributed by atoms with Crippen LogP contribution in [0.4, 0.5) is 5.69 Å². The number of likely N-dealkylation sites (tertiary alicyclic amines) is 1. The predicted octanol–water partition coefficient (Wildman–Crippen LogP) is 2.92. The molecule has 0 bridgehead atoms. The highest BCUT2D eigenvalue weighted by Gasteiger charge is 2.25. The predicted molar refractivity (Wildman–Crippen MR) is 82.4 cm³/mol. The zero-order valence-corrected chi connectivity index (χ0v) is 13.2. The molecule has 1 aromatic carbocycles. The molecule has 0 aromatic heterocycles. The highest BCUT2D eigenvalue weighted by atomic mass is 79.9. The molecule has 1 aliphatic heterocycles. The molecule has 2 atom stereocenters. The molecular formula is C14H20BrN3O2. The first kappa shape index (κ1) is 15.4. The van der Waals surface area contributed by atoms with Crippen molar-refractivity contribution in [1.29, 1.82) is 0 Å². The van der Waals surface area contributed by atoms with E-state index in [1.807, 2.05) is 6.07 Å². The Hall–Kier alpha value is -0.980. The smallest absolute Gasteiger partial charge is 0.270 e. The maximum absolute atomic E-state index is 10.7. The number of nitro groups is 1. The Kier molecular flexibility index (Phi) is 5.12. The van der Waals surface area contributed by atoms with E-state index in [0.717, 1.165) is 42.5 Å². The van der Waals surface area contributed by atoms with Crippen LogP contribution in [0.1, 0.15) is 25.3 Å². The Bertz CT molecular complexity index is 495. The van der Waals surface area contributed by atoms with Gasteiger partial charge in [-0.2, -0.15) is 0 Å². The van der Waals surface area contributed by atoms with Gasteiger partial charge in [-0.15, -0.1) is 0 Å². The second-order valence-electron chi connectivity index (χ2n) is 5.39. The minimum absolute atomic E-state index is 0.118. The molecule has 0 radical (unpaired) electrons. The van der Waals surface area contributed by atoms with Crippen molar-refractivity contribution in [2.24, 2.45) is 11.7 Å². The van der Waals surface area contributed by atoms with Gasteiger partial charge in [0.1, 0.15) is 0 Å². The third-order valence-corrected chi connectivity index (χ3v) is 4.78. The molecule has 2 N–H and O–H groups in total. The van der Waals surface area contributed by atoms with E-state index in [9.17, 15) is 10.1 Å². The molecule has 0 saturated carbocycles. The number of rotatable bonds is 4. The summed E-state index contributed by atoms with van der Waals surface area (Å²) in [4.78, 5) is 12.7. The highest BCUT2D eigenvalue weighted by Crippen LogP contribution is 2.26. The molecule has 1 aromatic rings. The van der Waals surface area contributed by atoms with Gasteiger partial charge in [0.25, 0.3) is 5.69 Å². The lowest BCUT2D eigenvalue weighted by molar-refractivity contribution is -0.384. The molecule has 0 spiro atoms. The van der Waals surface area contributed by atoms with Crippen molar-refractivity contribution in [3.8, 4) is 0 Å². The van der Waals surface area contributed by atoms with Gasteiger partial charge in [-0.25, -0.2) is 0 Å². The number of nitrogens with zero attached hydrogens (tertiary/aromatic N) is 2. The van der Waals surface area contributed by atoms with Gasteiger partial charge in [0.05, 0.1) is 4.92 Å². The molecule has 20 heavy (non-hydrogen) atoms. The number of halogens is 1. The maximum atomic E-state index is 10.7. The van der Waals surface area contributed by atoms with Gasteiger partial charge in [-0.05, 0) is 30.5 Å². The zero-order valence-electron chi connectivity index (χ0n) is 11.6. The lowest BCUT2D eigenvalue weighted by atomic mass is 9.90. The van der Waals surface area contributed by atoms with Crippen LogP contribution in [0.25, 0.3) is 0 Å². The van der Waals surface area contributed by atoms with E-state index in [-0.39, 0.29) is 10.6 Å². The molecular weight excluding hydrogens is 322 g/mol. The Labute approximate surface area is 127 Å². The van der Waals surface area contributed by atoms with Crippen LogP contribution < -0.4 is 5.73 Å². The fourth-order valence-electron chi connectivity index (χ4n) is 2.72. The van der Waals surface area contributed by atoms with Crippen LogP contribution in [-0.4, -0.2) is 29.0 Å². The Morgan fingerprint density at radius 3 is 2.90 bits per heavy atom. The summed E-state index contributed by atoms with van der Waals surface area (Å²) in [6.07, 6.45) is 2.11. The zero-order chi connectivity index (χ0) is 14.7. The number of hydrogen-bond acceptors (Lipinski definition) is 4. The van der Waals surface area contributed by atoms with Gasteiger partial charge < -0.3 is 5.73 Å². The third kappa shape index (κ3) is 3.56. The summed E-state index contributed by atoms with van der Waals surface area (Å²) >= 11 is 3.43. The standard InChI is InChI=1S/C14H20BrN3O2/c1-2-10-8-17(6-5-14(10)16)9-11-3-4-12(18(19)20)7-13(11)15/h3-4,7,10,14H,2,5-6,8-9,16H2,1H3. The van der Waals surface area contributed by atoms with Crippen molar-refractivity contribution in [2.45, 2.75) is 32.4 Å². The van der Waals surface area contributed by atoms with Crippen molar-refractivity contribution < 1.29 is 4.92 Å². The fraction of sp³-hybridized carbons (Fsp3) is 0.571. The normalized spacial score (nSPS) is 23.8. The van der Waals surface area contributed by atoms with Crippen molar-refractivity contribution in [2.75, 3.05) is 13.1 Å². The quantitative estimate of drug-likeness (QED) is 0.675. The van der Waals surface area contributed by atoms with Crippen LogP contribution in [0.15, 0.2) is 22.7 Å². The van der Waals surface area contributed by atoms with Crippen LogP contribution in [0.5, 0.6) is 0 Å². The Morgan fingerprint density at radius 1 is 1.55 bits per heavy atom. The molecule has 2 unspecified atom stereocenters. The minimum Gasteiger partial charge on any atom is -0.327 e. The van der Waals surface area contributed by atoms with Crippen molar-refractivity contribution >= 4 is 21.6 Å². The average Bonchev–Trinajstić information content (AvgIpc) is 2.42. The molecule has 6 heteroatoms. The van der Waals surface area contributed by atoms with E-state index in [1.165, 1.54) is 0 Å². The van der Waals surface area contributed by atoms with Gasteiger partial charge in [0, 0.05) is 35.7 Å². The summed E-state index contributed by atoms with van der Waals surface area (Å²) in [5.74, 6) is 0.542. The number of piperidine rings is 1. The summed E-state index contributed by atoms with van der Waals surface area (Å²) in [5, 5.41) is 10.7. The van der Waals surface area contributed by atoms with E-state index >= 15 is 0 Å². The van der Waals surface area contributed by atoms with E-state index in [1.54, 1.807) is 12.1 Å². The molecule has 0 aliphatic carbocycles. The Morgan fingerprint density at radius 2 is 2.30 bits per heavy atom. The minimum atomic E-state index is -0.373. The first-order chi connectivity index (χ1) is 9.51. The monoisotopic (exact) mass is 341 g/mol. The van der Waals surface area contributed by atoms with Crippen LogP contribution in [-0.2, 0) is 6.54 Å². The van der Waals surface area contributed by atoms with Crippen molar-refractivity contribution in [3.63, 3.8) is 0 Å². The largest absolute Gasteiger partial charge is 0.327 e. The number of nitro benzene ring substituents is 1. The summed E-state index contributed by atoms with van der Waals surface area (Å²) in [7, 11) is 0. The SMILES string of the molecule is CCC1CN(Cc2ccc([N+](=O)[O-])cc2Br)CCC1N. The van der Waals surface area contributed by atoms with Gasteiger partial charge >= 0.3 is 0 Å². The van der Waals surface area contributed by atoms with Crippen LogP contribution in [0, 0.1) is 16.0 Å². The molecule has 0 amide bonds. The molecule has 5 nitrogen and oxygen atoms in total. The second-order valence-corrected chi connectivity index (χ2v) is 6.24. The third-order valence-electron chi connectivity index (χ3n) is 4.04. The molecule has 1 heterocycles. The maximum Gasteiger partial charge on any atom is 0.270 e. The van der Waals surface area contributed by atoms with Gasteiger partial charge in [-0.3, -0.25) is 15.0 Å². The van der Waals surface area contributed by atoms with E-state index < -0.39 is 0 Å². The number of non-ortho nitro benzene ring substituents is 1.